The van der Waals surface area contributed by atoms with Crippen molar-refractivity contribution in [3.63, 3.8) is 0 Å². The van der Waals surface area contributed by atoms with E-state index in [0.29, 0.717) is 0 Å². The Balaban J connectivity index is 2.09. The molecule has 17 heavy (non-hydrogen) atoms. The van der Waals surface area contributed by atoms with E-state index in [0.717, 1.165) is 23.6 Å². The minimum Gasteiger partial charge on any atom is -0.342 e. The second kappa shape index (κ2) is 4.23. The molecule has 0 atom stereocenters. The molecule has 3 rings (SSSR count). The van der Waals surface area contributed by atoms with Gasteiger partial charge in [-0.25, -0.2) is 14.6 Å². The van der Waals surface area contributed by atoms with E-state index in [9.17, 15) is 0 Å². The first-order valence-corrected chi connectivity index (χ1v) is 6.27. The first-order chi connectivity index (χ1) is 8.38. The van der Waals surface area contributed by atoms with Crippen LogP contribution in [0.2, 0.25) is 0 Å². The molecule has 0 bridgehead atoms. The van der Waals surface area contributed by atoms with Crippen molar-refractivity contribution in [2.45, 2.75) is 6.54 Å². The van der Waals surface area contributed by atoms with E-state index < -0.39 is 0 Å². The molecule has 0 aliphatic heterocycles. The van der Waals surface area contributed by atoms with Crippen LogP contribution in [-0.2, 0) is 6.54 Å². The summed E-state index contributed by atoms with van der Waals surface area (Å²) in [6.45, 7) is 0.815. The number of quaternary nitrogens is 1. The molecule has 0 saturated carbocycles. The highest BCUT2D eigenvalue weighted by atomic mass is 32.1. The molecule has 0 saturated heterocycles. The topological polar surface area (TPSA) is 60.2 Å². The Morgan fingerprint density at radius 1 is 1.35 bits per heavy atom. The second-order valence-electron chi connectivity index (χ2n) is 3.70. The van der Waals surface area contributed by atoms with Crippen LogP contribution in [0.3, 0.4) is 0 Å². The molecule has 0 fully saturated rings. The third-order valence-electron chi connectivity index (χ3n) is 2.56. The van der Waals surface area contributed by atoms with Gasteiger partial charge in [0.2, 0.25) is 0 Å². The van der Waals surface area contributed by atoms with Crippen LogP contribution in [0.1, 0.15) is 5.82 Å². The van der Waals surface area contributed by atoms with Crippen LogP contribution in [0.4, 0.5) is 0 Å². The standard InChI is InChI=1S/C11H11N5S/c1-12-5-11-13-6-15-16(11)8-2-3-10-9(4-8)14-7-17-10/h2-4,6-7,12H,5H2,1H3/p+1. The summed E-state index contributed by atoms with van der Waals surface area (Å²) in [4.78, 5) is 8.57. The van der Waals surface area contributed by atoms with Gasteiger partial charge < -0.3 is 5.32 Å². The van der Waals surface area contributed by atoms with Gasteiger partial charge in [-0.2, -0.15) is 5.10 Å². The van der Waals surface area contributed by atoms with Crippen molar-refractivity contribution < 1.29 is 5.32 Å². The van der Waals surface area contributed by atoms with E-state index in [1.54, 1.807) is 17.7 Å². The van der Waals surface area contributed by atoms with Crippen molar-refractivity contribution in [3.8, 4) is 5.69 Å². The van der Waals surface area contributed by atoms with Crippen molar-refractivity contribution in [2.75, 3.05) is 7.05 Å². The number of aromatic nitrogens is 4. The fourth-order valence-electron chi connectivity index (χ4n) is 1.78. The molecular weight excluding hydrogens is 234 g/mol. The Kier molecular flexibility index (Phi) is 2.58. The number of rotatable bonds is 3. The van der Waals surface area contributed by atoms with Gasteiger partial charge in [-0.05, 0) is 18.2 Å². The summed E-state index contributed by atoms with van der Waals surface area (Å²) in [7, 11) is 2.02. The quantitative estimate of drug-likeness (QED) is 0.735. The largest absolute Gasteiger partial charge is 0.342 e. The van der Waals surface area contributed by atoms with Crippen molar-refractivity contribution in [1.82, 2.24) is 19.7 Å². The van der Waals surface area contributed by atoms with E-state index in [-0.39, 0.29) is 0 Å². The lowest BCUT2D eigenvalue weighted by Gasteiger charge is -2.03. The maximum atomic E-state index is 4.31. The Hall–Kier alpha value is -1.79. The normalized spacial score (nSPS) is 11.1. The molecule has 0 radical (unpaired) electrons. The highest BCUT2D eigenvalue weighted by molar-refractivity contribution is 7.16. The lowest BCUT2D eigenvalue weighted by atomic mass is 10.3. The molecule has 6 heteroatoms. The number of nitrogens with zero attached hydrogens (tertiary/aromatic N) is 4. The van der Waals surface area contributed by atoms with Crippen LogP contribution in [0, 0.1) is 0 Å². The molecule has 2 heterocycles. The van der Waals surface area contributed by atoms with Crippen molar-refractivity contribution in [3.05, 3.63) is 35.9 Å². The summed E-state index contributed by atoms with van der Waals surface area (Å²) < 4.78 is 3.05. The lowest BCUT2D eigenvalue weighted by molar-refractivity contribution is -0.644. The van der Waals surface area contributed by atoms with Crippen molar-refractivity contribution in [2.24, 2.45) is 0 Å². The van der Waals surface area contributed by atoms with E-state index in [2.05, 4.69) is 26.4 Å². The van der Waals surface area contributed by atoms with Gasteiger partial charge in [-0.3, -0.25) is 0 Å². The molecule has 0 aliphatic carbocycles. The third kappa shape index (κ3) is 1.81. The van der Waals surface area contributed by atoms with E-state index in [4.69, 9.17) is 0 Å². The number of thiazole rings is 1. The summed E-state index contributed by atoms with van der Waals surface area (Å²) in [6, 6.07) is 6.16. The molecule has 5 nitrogen and oxygen atoms in total. The van der Waals surface area contributed by atoms with Crippen LogP contribution in [0.25, 0.3) is 15.9 Å². The zero-order chi connectivity index (χ0) is 11.7. The first-order valence-electron chi connectivity index (χ1n) is 5.39. The van der Waals surface area contributed by atoms with Crippen molar-refractivity contribution in [1.29, 1.82) is 0 Å². The fraction of sp³-hybridized carbons (Fsp3) is 0.182. The molecule has 2 aromatic heterocycles. The molecule has 1 aromatic carbocycles. The molecule has 0 amide bonds. The summed E-state index contributed by atoms with van der Waals surface area (Å²) in [6.07, 6.45) is 1.59. The van der Waals surface area contributed by atoms with Gasteiger partial charge in [-0.1, -0.05) is 0 Å². The third-order valence-corrected chi connectivity index (χ3v) is 3.37. The summed E-state index contributed by atoms with van der Waals surface area (Å²) in [5, 5.41) is 6.33. The first kappa shape index (κ1) is 10.4. The highest BCUT2D eigenvalue weighted by Gasteiger charge is 2.08. The monoisotopic (exact) mass is 246 g/mol. The molecule has 0 aliphatic rings. The minimum absolute atomic E-state index is 0.815. The van der Waals surface area contributed by atoms with Crippen LogP contribution < -0.4 is 5.32 Å². The van der Waals surface area contributed by atoms with Gasteiger partial charge in [0.15, 0.2) is 5.82 Å². The van der Waals surface area contributed by atoms with Crippen LogP contribution in [-0.4, -0.2) is 26.8 Å². The number of hydrogen-bond acceptors (Lipinski definition) is 4. The van der Waals surface area contributed by atoms with Gasteiger partial charge in [0.1, 0.15) is 12.9 Å². The van der Waals surface area contributed by atoms with Gasteiger partial charge >= 0.3 is 0 Å². The molecule has 0 unspecified atom stereocenters. The minimum atomic E-state index is 0.815. The van der Waals surface area contributed by atoms with Gasteiger partial charge in [0, 0.05) is 0 Å². The van der Waals surface area contributed by atoms with Crippen molar-refractivity contribution >= 4 is 21.6 Å². The maximum absolute atomic E-state index is 4.31. The van der Waals surface area contributed by atoms with Gasteiger partial charge in [0.25, 0.3) is 0 Å². The van der Waals surface area contributed by atoms with Crippen LogP contribution >= 0.6 is 11.3 Å². The molecule has 0 spiro atoms. The Labute approximate surface area is 102 Å². The predicted molar refractivity (Wildman–Crippen MR) is 66.1 cm³/mol. The number of hydrogen-bond donors (Lipinski definition) is 1. The van der Waals surface area contributed by atoms with E-state index >= 15 is 0 Å². The Morgan fingerprint density at radius 2 is 2.29 bits per heavy atom. The van der Waals surface area contributed by atoms with Gasteiger partial charge in [0.05, 0.1) is 28.5 Å². The number of nitrogens with two attached hydrogens (primary N) is 1. The Morgan fingerprint density at radius 3 is 3.18 bits per heavy atom. The summed E-state index contributed by atoms with van der Waals surface area (Å²) in [5.41, 5.74) is 3.88. The average molecular weight is 246 g/mol. The van der Waals surface area contributed by atoms with Crippen LogP contribution in [0.15, 0.2) is 30.0 Å². The van der Waals surface area contributed by atoms with Gasteiger partial charge in [-0.15, -0.1) is 11.3 Å². The highest BCUT2D eigenvalue weighted by Crippen LogP contribution is 2.20. The average Bonchev–Trinajstić information content (AvgIpc) is 2.96. The zero-order valence-electron chi connectivity index (χ0n) is 9.37. The molecular formula is C11H12N5S+. The lowest BCUT2D eigenvalue weighted by Crippen LogP contribution is -2.78. The maximum Gasteiger partial charge on any atom is 0.187 e. The summed E-state index contributed by atoms with van der Waals surface area (Å²) in [5.74, 6) is 0.946. The Bertz CT molecular complexity index is 642. The fourth-order valence-corrected chi connectivity index (χ4v) is 2.44. The second-order valence-corrected chi connectivity index (χ2v) is 4.59. The predicted octanol–water partition coefficient (Wildman–Crippen LogP) is 0.570. The van der Waals surface area contributed by atoms with E-state index in [1.165, 1.54) is 4.70 Å². The molecule has 2 N–H and O–H groups in total. The number of fused-ring (bicyclic) bond motifs is 1. The zero-order valence-corrected chi connectivity index (χ0v) is 10.2. The molecule has 86 valence electrons. The SMILES string of the molecule is C[NH2+]Cc1ncnn1-c1ccc2scnc2c1. The van der Waals surface area contributed by atoms with Crippen LogP contribution in [0.5, 0.6) is 0 Å². The smallest absolute Gasteiger partial charge is 0.187 e. The summed E-state index contributed by atoms with van der Waals surface area (Å²) >= 11 is 1.65. The number of benzene rings is 1. The van der Waals surface area contributed by atoms with E-state index in [1.807, 2.05) is 29.4 Å². The molecule has 3 aromatic rings.